The molecule has 1 aromatic heterocycles. The molecule has 0 saturated carbocycles. The van der Waals surface area contributed by atoms with E-state index in [4.69, 9.17) is 4.74 Å². The van der Waals surface area contributed by atoms with Crippen molar-refractivity contribution < 1.29 is 27.4 Å². The molecule has 3 rings (SSSR count). The van der Waals surface area contributed by atoms with Gasteiger partial charge in [0.2, 0.25) is 5.91 Å². The number of amides is 1. The fourth-order valence-electron chi connectivity index (χ4n) is 2.82. The first kappa shape index (κ1) is 21.9. The van der Waals surface area contributed by atoms with E-state index in [9.17, 15) is 22.8 Å². The number of aromatic nitrogens is 2. The molecule has 0 spiro atoms. The van der Waals surface area contributed by atoms with Crippen molar-refractivity contribution in [2.24, 2.45) is 0 Å². The Labute approximate surface area is 175 Å². The SMILES string of the molecule is COc1ccccc1-c1ccc(=O)n(CC(=O)NCc2ccccc2OC(F)(F)F)n1. The van der Waals surface area contributed by atoms with Crippen molar-refractivity contribution in [2.45, 2.75) is 19.5 Å². The lowest BCUT2D eigenvalue weighted by molar-refractivity contribution is -0.274. The molecule has 0 radical (unpaired) electrons. The predicted molar refractivity (Wildman–Crippen MR) is 105 cm³/mol. The van der Waals surface area contributed by atoms with Gasteiger partial charge in [-0.15, -0.1) is 13.2 Å². The number of hydrogen-bond donors (Lipinski definition) is 1. The van der Waals surface area contributed by atoms with Crippen molar-refractivity contribution in [3.63, 3.8) is 0 Å². The summed E-state index contributed by atoms with van der Waals surface area (Å²) in [5, 5.41) is 6.67. The van der Waals surface area contributed by atoms with Crippen LogP contribution in [0, 0.1) is 0 Å². The lowest BCUT2D eigenvalue weighted by Gasteiger charge is -2.14. The van der Waals surface area contributed by atoms with Crippen LogP contribution in [0.3, 0.4) is 0 Å². The highest BCUT2D eigenvalue weighted by Crippen LogP contribution is 2.27. The summed E-state index contributed by atoms with van der Waals surface area (Å²) in [4.78, 5) is 24.4. The second-order valence-electron chi connectivity index (χ2n) is 6.35. The molecule has 0 aliphatic carbocycles. The zero-order valence-corrected chi connectivity index (χ0v) is 16.3. The van der Waals surface area contributed by atoms with Gasteiger partial charge in [-0.2, -0.15) is 5.10 Å². The van der Waals surface area contributed by atoms with Gasteiger partial charge in [0.25, 0.3) is 5.56 Å². The van der Waals surface area contributed by atoms with Crippen LogP contribution >= 0.6 is 0 Å². The predicted octanol–water partition coefficient (Wildman–Crippen LogP) is 3.13. The van der Waals surface area contributed by atoms with Crippen LogP contribution in [0.15, 0.2) is 65.5 Å². The van der Waals surface area contributed by atoms with E-state index < -0.39 is 30.1 Å². The topological polar surface area (TPSA) is 82.5 Å². The van der Waals surface area contributed by atoms with Crippen LogP contribution in [0.5, 0.6) is 11.5 Å². The van der Waals surface area contributed by atoms with Crippen LogP contribution in [-0.4, -0.2) is 29.2 Å². The molecule has 0 unspecified atom stereocenters. The zero-order valence-electron chi connectivity index (χ0n) is 16.3. The standard InChI is InChI=1S/C21H18F3N3O4/c1-30-18-9-5-3-7-15(18)16-10-11-20(29)27(26-16)13-19(28)25-12-14-6-2-4-8-17(14)31-21(22,23)24/h2-11H,12-13H2,1H3,(H,25,28). The van der Waals surface area contributed by atoms with E-state index in [1.807, 2.05) is 0 Å². The van der Waals surface area contributed by atoms with Crippen molar-refractivity contribution in [3.8, 4) is 22.8 Å². The molecule has 0 saturated heterocycles. The molecule has 0 aliphatic rings. The van der Waals surface area contributed by atoms with Crippen molar-refractivity contribution in [1.82, 2.24) is 15.1 Å². The zero-order chi connectivity index (χ0) is 22.4. The molecular weight excluding hydrogens is 415 g/mol. The molecule has 0 atom stereocenters. The molecule has 162 valence electrons. The fourth-order valence-corrected chi connectivity index (χ4v) is 2.82. The summed E-state index contributed by atoms with van der Waals surface area (Å²) in [6.07, 6.45) is -4.85. The van der Waals surface area contributed by atoms with E-state index in [0.29, 0.717) is 17.0 Å². The van der Waals surface area contributed by atoms with Crippen molar-refractivity contribution in [1.29, 1.82) is 0 Å². The van der Waals surface area contributed by atoms with Crippen LogP contribution in [0.2, 0.25) is 0 Å². The van der Waals surface area contributed by atoms with Crippen molar-refractivity contribution in [3.05, 3.63) is 76.6 Å². The number of benzene rings is 2. The molecular formula is C21H18F3N3O4. The van der Waals surface area contributed by atoms with Crippen LogP contribution in [0.1, 0.15) is 5.56 Å². The highest BCUT2D eigenvalue weighted by molar-refractivity contribution is 5.75. The summed E-state index contributed by atoms with van der Waals surface area (Å²) >= 11 is 0. The summed E-state index contributed by atoms with van der Waals surface area (Å²) in [7, 11) is 1.50. The summed E-state index contributed by atoms with van der Waals surface area (Å²) in [5.41, 5.74) is 0.692. The van der Waals surface area contributed by atoms with Crippen LogP contribution in [0.25, 0.3) is 11.3 Å². The fraction of sp³-hybridized carbons (Fsp3) is 0.190. The third-order valence-corrected chi connectivity index (χ3v) is 4.22. The summed E-state index contributed by atoms with van der Waals surface area (Å²) in [6, 6.07) is 15.3. The first-order valence-corrected chi connectivity index (χ1v) is 9.09. The summed E-state index contributed by atoms with van der Waals surface area (Å²) in [6.45, 7) is -0.629. The number of para-hydroxylation sites is 2. The van der Waals surface area contributed by atoms with E-state index in [-0.39, 0.29) is 12.1 Å². The highest BCUT2D eigenvalue weighted by atomic mass is 19.4. The number of carbonyl (C=O) groups excluding carboxylic acids is 1. The van der Waals surface area contributed by atoms with Gasteiger partial charge in [-0.05, 0) is 24.3 Å². The number of nitrogens with zero attached hydrogens (tertiary/aromatic N) is 2. The maximum Gasteiger partial charge on any atom is 0.573 e. The van der Waals surface area contributed by atoms with Crippen LogP contribution in [-0.2, 0) is 17.9 Å². The van der Waals surface area contributed by atoms with E-state index in [1.54, 1.807) is 24.3 Å². The highest BCUT2D eigenvalue weighted by Gasteiger charge is 2.32. The Morgan fingerprint density at radius 2 is 1.71 bits per heavy atom. The maximum atomic E-state index is 12.5. The Morgan fingerprint density at radius 1 is 1.03 bits per heavy atom. The molecule has 3 aromatic rings. The smallest absolute Gasteiger partial charge is 0.496 e. The number of carbonyl (C=O) groups is 1. The molecule has 31 heavy (non-hydrogen) atoms. The Morgan fingerprint density at radius 3 is 2.42 bits per heavy atom. The van der Waals surface area contributed by atoms with Crippen molar-refractivity contribution >= 4 is 5.91 Å². The van der Waals surface area contributed by atoms with Crippen LogP contribution in [0.4, 0.5) is 13.2 Å². The number of hydrogen-bond acceptors (Lipinski definition) is 5. The Bertz CT molecular complexity index is 1130. The summed E-state index contributed by atoms with van der Waals surface area (Å²) < 4.78 is 47.8. The maximum absolute atomic E-state index is 12.5. The number of halogens is 3. The third-order valence-electron chi connectivity index (χ3n) is 4.22. The van der Waals surface area contributed by atoms with Gasteiger partial charge in [-0.1, -0.05) is 30.3 Å². The molecule has 7 nitrogen and oxygen atoms in total. The van der Waals surface area contributed by atoms with Crippen molar-refractivity contribution in [2.75, 3.05) is 7.11 Å². The van der Waals surface area contributed by atoms with Crippen LogP contribution < -0.4 is 20.3 Å². The molecule has 0 fully saturated rings. The molecule has 0 bridgehead atoms. The number of alkyl halides is 3. The van der Waals surface area contributed by atoms with Gasteiger partial charge in [0.15, 0.2) is 0 Å². The Balaban J connectivity index is 1.73. The van der Waals surface area contributed by atoms with Gasteiger partial charge in [-0.3, -0.25) is 9.59 Å². The number of nitrogens with one attached hydrogen (secondary N) is 1. The van der Waals surface area contributed by atoms with Gasteiger partial charge in [-0.25, -0.2) is 4.68 Å². The second-order valence-corrected chi connectivity index (χ2v) is 6.35. The van der Waals surface area contributed by atoms with Gasteiger partial charge in [0, 0.05) is 23.7 Å². The Kier molecular flexibility index (Phi) is 6.58. The van der Waals surface area contributed by atoms with Gasteiger partial charge >= 0.3 is 6.36 Å². The molecule has 0 aliphatic heterocycles. The number of rotatable bonds is 7. The average molecular weight is 433 g/mol. The van der Waals surface area contributed by atoms with E-state index in [2.05, 4.69) is 15.2 Å². The lowest BCUT2D eigenvalue weighted by atomic mass is 10.1. The molecule has 1 amide bonds. The molecule has 1 heterocycles. The minimum absolute atomic E-state index is 0.135. The quantitative estimate of drug-likeness (QED) is 0.619. The monoisotopic (exact) mass is 433 g/mol. The van der Waals surface area contributed by atoms with Gasteiger partial charge in [0.05, 0.1) is 12.8 Å². The summed E-state index contributed by atoms with van der Waals surface area (Å²) in [5.74, 6) is -0.469. The number of methoxy groups -OCH3 is 1. The first-order chi connectivity index (χ1) is 14.8. The Hall–Kier alpha value is -3.82. The van der Waals surface area contributed by atoms with E-state index in [1.165, 1.54) is 37.4 Å². The molecule has 2 aromatic carbocycles. The molecule has 1 N–H and O–H groups in total. The van der Waals surface area contributed by atoms with Gasteiger partial charge < -0.3 is 14.8 Å². The lowest BCUT2D eigenvalue weighted by Crippen LogP contribution is -2.33. The largest absolute Gasteiger partial charge is 0.573 e. The second kappa shape index (κ2) is 9.33. The van der Waals surface area contributed by atoms with E-state index >= 15 is 0 Å². The van der Waals surface area contributed by atoms with E-state index in [0.717, 1.165) is 10.7 Å². The third kappa shape index (κ3) is 5.84. The first-order valence-electron chi connectivity index (χ1n) is 9.09. The average Bonchev–Trinajstić information content (AvgIpc) is 2.73. The minimum Gasteiger partial charge on any atom is -0.496 e. The molecule has 10 heteroatoms. The normalized spacial score (nSPS) is 11.1. The number of ether oxygens (including phenoxy) is 2. The minimum atomic E-state index is -4.85. The van der Waals surface area contributed by atoms with Gasteiger partial charge in [0.1, 0.15) is 18.0 Å².